The van der Waals surface area contributed by atoms with Gasteiger partial charge in [-0.15, -0.1) is 0 Å². The first-order valence-corrected chi connectivity index (χ1v) is 1.43. The first-order chi connectivity index (χ1) is 3.31. The molecule has 0 spiro atoms. The van der Waals surface area contributed by atoms with E-state index in [4.69, 9.17) is 0 Å². The molecule has 0 atom stereocenters. The van der Waals surface area contributed by atoms with Gasteiger partial charge in [0.1, 0.15) is 0 Å². The highest BCUT2D eigenvalue weighted by Crippen LogP contribution is 1.50. The monoisotopic (exact) mass is 106 g/mol. The van der Waals surface area contributed by atoms with Crippen LogP contribution in [0.3, 0.4) is 0 Å². The SMILES string of the molecule is NNC(=O)NON. The maximum Gasteiger partial charge on any atom is 0.354 e. The van der Waals surface area contributed by atoms with Crippen molar-refractivity contribution in [3.63, 3.8) is 0 Å². The Kier molecular flexibility index (Phi) is 2.94. The summed E-state index contributed by atoms with van der Waals surface area (Å²) in [6, 6.07) is -0.692. The van der Waals surface area contributed by atoms with E-state index in [0.717, 1.165) is 0 Å². The molecule has 0 heterocycles. The Bertz CT molecular complexity index is 62.7. The summed E-state index contributed by atoms with van der Waals surface area (Å²) in [5.74, 6) is 8.94. The molecule has 0 fully saturated rings. The van der Waals surface area contributed by atoms with Crippen molar-refractivity contribution in [2.24, 2.45) is 11.7 Å². The lowest BCUT2D eigenvalue weighted by Crippen LogP contribution is -2.40. The van der Waals surface area contributed by atoms with Crippen LogP contribution in [0.25, 0.3) is 0 Å². The second-order valence-electron chi connectivity index (χ2n) is 0.693. The second kappa shape index (κ2) is 3.34. The number of urea groups is 1. The van der Waals surface area contributed by atoms with E-state index in [-0.39, 0.29) is 0 Å². The number of hydrazine groups is 1. The zero-order valence-electron chi connectivity index (χ0n) is 3.47. The molecule has 0 aromatic carbocycles. The van der Waals surface area contributed by atoms with Crippen molar-refractivity contribution < 1.29 is 9.73 Å². The average Bonchev–Trinajstić information content (AvgIpc) is 1.68. The lowest BCUT2D eigenvalue weighted by atomic mass is 11.1. The lowest BCUT2D eigenvalue weighted by Gasteiger charge is -1.95. The number of nitrogens with two attached hydrogens (primary N) is 2. The molecule has 0 rings (SSSR count). The molecule has 6 nitrogen and oxygen atoms in total. The van der Waals surface area contributed by atoms with Crippen molar-refractivity contribution >= 4 is 6.03 Å². The molecule has 0 aromatic rings. The molecule has 7 heavy (non-hydrogen) atoms. The molecule has 2 amide bonds. The molecule has 42 valence electrons. The molecule has 0 bridgehead atoms. The fourth-order valence-electron chi connectivity index (χ4n) is 0.0830. The quantitative estimate of drug-likeness (QED) is 0.176. The topological polar surface area (TPSA) is 102 Å². The lowest BCUT2D eigenvalue weighted by molar-refractivity contribution is 0.0618. The Hall–Kier alpha value is -0.850. The minimum atomic E-state index is -0.692. The number of hydrogen-bond acceptors (Lipinski definition) is 4. The Labute approximate surface area is 39.7 Å². The van der Waals surface area contributed by atoms with Crippen molar-refractivity contribution in [2.75, 3.05) is 0 Å². The minimum Gasteiger partial charge on any atom is -0.274 e. The molecule has 0 aliphatic heterocycles. The number of carbonyl (C=O) groups excluding carboxylic acids is 1. The molecule has 6 N–H and O–H groups in total. The van der Waals surface area contributed by atoms with Crippen molar-refractivity contribution in [1.82, 2.24) is 10.9 Å². The number of amides is 2. The van der Waals surface area contributed by atoms with Crippen molar-refractivity contribution in [3.05, 3.63) is 0 Å². The number of hydroxylamine groups is 1. The minimum absolute atomic E-state index is 0.692. The third-order valence-electron chi connectivity index (χ3n) is 0.283. The van der Waals surface area contributed by atoms with E-state index in [1.807, 2.05) is 0 Å². The van der Waals surface area contributed by atoms with Crippen LogP contribution in [-0.4, -0.2) is 6.03 Å². The van der Waals surface area contributed by atoms with Crippen LogP contribution in [0.4, 0.5) is 4.79 Å². The maximum atomic E-state index is 9.86. The van der Waals surface area contributed by atoms with Crippen molar-refractivity contribution in [1.29, 1.82) is 0 Å². The molecular formula is CH6N4O2. The van der Waals surface area contributed by atoms with Crippen LogP contribution in [0, 0.1) is 0 Å². The van der Waals surface area contributed by atoms with Crippen LogP contribution in [0.15, 0.2) is 0 Å². The first-order valence-electron chi connectivity index (χ1n) is 1.43. The molecule has 6 heteroatoms. The first kappa shape index (κ1) is 6.15. The van der Waals surface area contributed by atoms with Gasteiger partial charge >= 0.3 is 6.03 Å². The summed E-state index contributed by atoms with van der Waals surface area (Å²) in [6.45, 7) is 0. The highest BCUT2D eigenvalue weighted by molar-refractivity contribution is 5.71. The van der Waals surface area contributed by atoms with Crippen LogP contribution in [0.5, 0.6) is 0 Å². The molecule has 0 radical (unpaired) electrons. The van der Waals surface area contributed by atoms with Crippen LogP contribution in [0.2, 0.25) is 0 Å². The van der Waals surface area contributed by atoms with Crippen LogP contribution in [0.1, 0.15) is 0 Å². The smallest absolute Gasteiger partial charge is 0.274 e. The van der Waals surface area contributed by atoms with Gasteiger partial charge in [-0.3, -0.25) is 5.43 Å². The van der Waals surface area contributed by atoms with Crippen molar-refractivity contribution in [3.8, 4) is 0 Å². The van der Waals surface area contributed by atoms with Gasteiger partial charge in [0.15, 0.2) is 0 Å². The number of carbonyl (C=O) groups is 1. The van der Waals surface area contributed by atoms with E-state index in [1.54, 1.807) is 10.9 Å². The van der Waals surface area contributed by atoms with E-state index < -0.39 is 6.03 Å². The van der Waals surface area contributed by atoms with Gasteiger partial charge in [-0.05, 0) is 0 Å². The fourth-order valence-corrected chi connectivity index (χ4v) is 0.0830. The van der Waals surface area contributed by atoms with E-state index in [1.165, 1.54) is 0 Å². The molecule has 0 saturated heterocycles. The Morgan fingerprint density at radius 2 is 2.29 bits per heavy atom. The highest BCUT2D eigenvalue weighted by atomic mass is 16.8. The van der Waals surface area contributed by atoms with Crippen molar-refractivity contribution in [2.45, 2.75) is 0 Å². The second-order valence-corrected chi connectivity index (χ2v) is 0.693. The van der Waals surface area contributed by atoms with Gasteiger partial charge in [-0.2, -0.15) is 16.3 Å². The number of hydrogen-bond donors (Lipinski definition) is 4. The molecular weight excluding hydrogens is 100 g/mol. The summed E-state index contributed by atoms with van der Waals surface area (Å²) >= 11 is 0. The Morgan fingerprint density at radius 3 is 2.43 bits per heavy atom. The summed E-state index contributed by atoms with van der Waals surface area (Å²) in [5, 5.41) is 0. The van der Waals surface area contributed by atoms with Gasteiger partial charge in [0.2, 0.25) is 0 Å². The standard InChI is InChI=1S/CH6N4O2/c2-4-1(6)5-7-3/h2-3H2,(H2,4,5,6). The Balaban J connectivity index is 3.00. The van der Waals surface area contributed by atoms with Crippen LogP contribution in [-0.2, 0) is 4.94 Å². The van der Waals surface area contributed by atoms with Gasteiger partial charge in [0, 0.05) is 0 Å². The van der Waals surface area contributed by atoms with Crippen LogP contribution >= 0.6 is 0 Å². The largest absolute Gasteiger partial charge is 0.354 e. The third kappa shape index (κ3) is 2.97. The van der Waals surface area contributed by atoms with Gasteiger partial charge in [-0.1, -0.05) is 0 Å². The fraction of sp³-hybridized carbons (Fsp3) is 0. The molecule has 0 aliphatic carbocycles. The van der Waals surface area contributed by atoms with Gasteiger partial charge in [0.05, 0.1) is 0 Å². The van der Waals surface area contributed by atoms with E-state index in [9.17, 15) is 4.79 Å². The Morgan fingerprint density at radius 1 is 1.71 bits per heavy atom. The summed E-state index contributed by atoms with van der Waals surface area (Å²) in [4.78, 5) is 13.5. The molecule has 0 aliphatic rings. The molecule has 0 saturated carbocycles. The van der Waals surface area contributed by atoms with E-state index >= 15 is 0 Å². The van der Waals surface area contributed by atoms with Crippen LogP contribution < -0.4 is 22.6 Å². The molecule has 0 aromatic heterocycles. The zero-order chi connectivity index (χ0) is 5.70. The van der Waals surface area contributed by atoms with E-state index in [0.29, 0.717) is 0 Å². The maximum absolute atomic E-state index is 9.86. The zero-order valence-corrected chi connectivity index (χ0v) is 3.47. The number of nitrogens with one attached hydrogen (secondary N) is 2. The summed E-state index contributed by atoms with van der Waals surface area (Å²) in [7, 11) is 0. The highest BCUT2D eigenvalue weighted by Gasteiger charge is 1.88. The normalized spacial score (nSPS) is 7.71. The van der Waals surface area contributed by atoms with Gasteiger partial charge < -0.3 is 0 Å². The van der Waals surface area contributed by atoms with Gasteiger partial charge in [0.25, 0.3) is 0 Å². The van der Waals surface area contributed by atoms with E-state index in [2.05, 4.69) is 16.7 Å². The predicted octanol–water partition coefficient (Wildman–Crippen LogP) is -2.04. The summed E-state index contributed by atoms with van der Waals surface area (Å²) in [6.07, 6.45) is 0. The number of rotatable bonds is 1. The van der Waals surface area contributed by atoms with Gasteiger partial charge in [-0.25, -0.2) is 10.6 Å². The predicted molar refractivity (Wildman–Crippen MR) is 21.1 cm³/mol. The average molecular weight is 106 g/mol. The molecule has 0 unspecified atom stereocenters. The summed E-state index contributed by atoms with van der Waals surface area (Å²) in [5.41, 5.74) is 3.41. The third-order valence-corrected chi connectivity index (χ3v) is 0.283. The summed E-state index contributed by atoms with van der Waals surface area (Å²) < 4.78 is 0.